The topological polar surface area (TPSA) is 76.0 Å². The van der Waals surface area contributed by atoms with Gasteiger partial charge in [0.1, 0.15) is 0 Å². The summed E-state index contributed by atoms with van der Waals surface area (Å²) in [6.07, 6.45) is 5.58. The molecular weight excluding hydrogens is 204 g/mol. The van der Waals surface area contributed by atoms with Crippen molar-refractivity contribution in [2.75, 3.05) is 5.43 Å². The molecule has 6 nitrogen and oxygen atoms in total. The molecule has 1 N–H and O–H groups in total. The second-order valence-electron chi connectivity index (χ2n) is 2.95. The van der Waals surface area contributed by atoms with Crippen molar-refractivity contribution in [2.45, 2.75) is 6.42 Å². The molecule has 0 bridgehead atoms. The first kappa shape index (κ1) is 10.2. The van der Waals surface area contributed by atoms with Gasteiger partial charge in [-0.15, -0.1) is 5.10 Å². The van der Waals surface area contributed by atoms with Gasteiger partial charge in [-0.1, -0.05) is 0 Å². The van der Waals surface area contributed by atoms with Crippen LogP contribution < -0.4 is 5.43 Å². The highest BCUT2D eigenvalue weighted by atomic mass is 15.3. The zero-order valence-electron chi connectivity index (χ0n) is 8.48. The molecule has 0 spiro atoms. The minimum absolute atomic E-state index is 0.609. The largest absolute Gasteiger partial charge is 0.260 e. The van der Waals surface area contributed by atoms with Gasteiger partial charge in [-0.05, 0) is 24.3 Å². The van der Waals surface area contributed by atoms with E-state index in [9.17, 15) is 0 Å². The molecule has 0 aliphatic heterocycles. The Balaban J connectivity index is 1.83. The lowest BCUT2D eigenvalue weighted by Gasteiger charge is -1.95. The number of hydrogen-bond donors (Lipinski definition) is 1. The molecule has 0 saturated carbocycles. The molecule has 0 unspecified atom stereocenters. The van der Waals surface area contributed by atoms with Gasteiger partial charge in [-0.3, -0.25) is 5.43 Å². The number of hydrogen-bond acceptors (Lipinski definition) is 6. The van der Waals surface area contributed by atoms with Gasteiger partial charge in [0.15, 0.2) is 5.82 Å². The molecule has 0 aromatic carbocycles. The molecule has 2 aromatic heterocycles. The molecule has 16 heavy (non-hydrogen) atoms. The minimum Gasteiger partial charge on any atom is -0.260 e. The van der Waals surface area contributed by atoms with E-state index in [-0.39, 0.29) is 0 Å². The first-order valence-corrected chi connectivity index (χ1v) is 4.77. The van der Waals surface area contributed by atoms with Crippen molar-refractivity contribution in [3.05, 3.63) is 42.4 Å². The monoisotopic (exact) mass is 214 g/mol. The third-order valence-corrected chi connectivity index (χ3v) is 1.77. The minimum atomic E-state index is 0.609. The van der Waals surface area contributed by atoms with Crippen LogP contribution in [-0.2, 0) is 6.42 Å². The lowest BCUT2D eigenvalue weighted by Crippen LogP contribution is -1.96. The van der Waals surface area contributed by atoms with Gasteiger partial charge in [0.25, 0.3) is 0 Å². The van der Waals surface area contributed by atoms with E-state index in [1.54, 1.807) is 30.7 Å². The Morgan fingerprint density at radius 1 is 1.12 bits per heavy atom. The zero-order valence-corrected chi connectivity index (χ0v) is 8.48. The molecule has 0 aliphatic carbocycles. The van der Waals surface area contributed by atoms with Crippen molar-refractivity contribution in [2.24, 2.45) is 5.10 Å². The van der Waals surface area contributed by atoms with Crippen LogP contribution >= 0.6 is 0 Å². The summed E-state index contributed by atoms with van der Waals surface area (Å²) < 4.78 is 0. The quantitative estimate of drug-likeness (QED) is 0.604. The molecule has 2 aromatic rings. The van der Waals surface area contributed by atoms with E-state index in [1.165, 1.54) is 0 Å². The maximum Gasteiger partial charge on any atom is 0.168 e. The molecule has 2 rings (SSSR count). The highest BCUT2D eigenvalue weighted by Gasteiger charge is 1.90. The highest BCUT2D eigenvalue weighted by molar-refractivity contribution is 5.61. The highest BCUT2D eigenvalue weighted by Crippen LogP contribution is 1.96. The summed E-state index contributed by atoms with van der Waals surface area (Å²) in [6.45, 7) is 0. The summed E-state index contributed by atoms with van der Waals surface area (Å²) in [5, 5.41) is 19.2. The molecular formula is C10H10N6. The van der Waals surface area contributed by atoms with E-state index in [1.807, 2.05) is 12.1 Å². The van der Waals surface area contributed by atoms with Gasteiger partial charge in [0, 0.05) is 25.0 Å². The number of nitrogens with zero attached hydrogens (tertiary/aromatic N) is 5. The van der Waals surface area contributed by atoms with Crippen LogP contribution in [0.2, 0.25) is 0 Å². The first-order chi connectivity index (χ1) is 7.95. The van der Waals surface area contributed by atoms with Gasteiger partial charge in [0.05, 0.1) is 5.69 Å². The van der Waals surface area contributed by atoms with Crippen molar-refractivity contribution in [1.29, 1.82) is 0 Å². The number of nitrogens with one attached hydrogen (secondary N) is 1. The molecule has 0 atom stereocenters. The average molecular weight is 214 g/mol. The summed E-state index contributed by atoms with van der Waals surface area (Å²) >= 11 is 0. The van der Waals surface area contributed by atoms with Crippen molar-refractivity contribution in [3.63, 3.8) is 0 Å². The van der Waals surface area contributed by atoms with Crippen LogP contribution in [0.5, 0.6) is 0 Å². The molecule has 0 aliphatic rings. The standard InChI is InChI=1S/C10H10N6/c1-3-9(14-11-6-1)5-8-13-16-10-4-2-7-12-15-10/h1-4,6-8H,5H2,(H,15,16). The van der Waals surface area contributed by atoms with E-state index in [2.05, 4.69) is 30.9 Å². The number of aromatic nitrogens is 4. The van der Waals surface area contributed by atoms with Crippen molar-refractivity contribution >= 4 is 12.0 Å². The van der Waals surface area contributed by atoms with E-state index >= 15 is 0 Å². The van der Waals surface area contributed by atoms with Crippen LogP contribution in [0.3, 0.4) is 0 Å². The van der Waals surface area contributed by atoms with Crippen molar-refractivity contribution < 1.29 is 0 Å². The first-order valence-electron chi connectivity index (χ1n) is 4.77. The Morgan fingerprint density at radius 2 is 1.94 bits per heavy atom. The fourth-order valence-corrected chi connectivity index (χ4v) is 1.05. The number of hydrazone groups is 1. The maximum absolute atomic E-state index is 3.99. The normalized spacial score (nSPS) is 10.5. The predicted molar refractivity (Wildman–Crippen MR) is 59.9 cm³/mol. The molecule has 2 heterocycles. The number of rotatable bonds is 4. The molecule has 6 heteroatoms. The number of anilines is 1. The third-order valence-electron chi connectivity index (χ3n) is 1.77. The SMILES string of the molecule is C(Cc1cccnn1)=NNc1cccnn1. The average Bonchev–Trinajstić information content (AvgIpc) is 2.37. The lowest BCUT2D eigenvalue weighted by atomic mass is 10.3. The molecule has 0 fully saturated rings. The van der Waals surface area contributed by atoms with Crippen LogP contribution in [-0.4, -0.2) is 26.6 Å². The summed E-state index contributed by atoms with van der Waals surface area (Å²) in [5.41, 5.74) is 3.63. The van der Waals surface area contributed by atoms with Gasteiger partial charge in [-0.25, -0.2) is 0 Å². The Labute approximate surface area is 92.4 Å². The van der Waals surface area contributed by atoms with Crippen molar-refractivity contribution in [3.8, 4) is 0 Å². The van der Waals surface area contributed by atoms with Gasteiger partial charge >= 0.3 is 0 Å². The smallest absolute Gasteiger partial charge is 0.168 e. The second kappa shape index (κ2) is 5.50. The van der Waals surface area contributed by atoms with Crippen LogP contribution in [0.1, 0.15) is 5.69 Å². The predicted octanol–water partition coefficient (Wildman–Crippen LogP) is 0.907. The van der Waals surface area contributed by atoms with E-state index in [0.29, 0.717) is 12.2 Å². The summed E-state index contributed by atoms with van der Waals surface area (Å²) in [7, 11) is 0. The van der Waals surface area contributed by atoms with Crippen LogP contribution in [0.25, 0.3) is 0 Å². The molecule has 0 saturated heterocycles. The zero-order chi connectivity index (χ0) is 11.1. The third kappa shape index (κ3) is 3.09. The van der Waals surface area contributed by atoms with Crippen LogP contribution in [0.4, 0.5) is 5.82 Å². The second-order valence-corrected chi connectivity index (χ2v) is 2.95. The summed E-state index contributed by atoms with van der Waals surface area (Å²) in [6, 6.07) is 7.30. The fourth-order valence-electron chi connectivity index (χ4n) is 1.05. The molecule has 0 amide bonds. The molecule has 80 valence electrons. The Kier molecular flexibility index (Phi) is 3.49. The lowest BCUT2D eigenvalue weighted by molar-refractivity contribution is 0.961. The van der Waals surface area contributed by atoms with E-state index < -0.39 is 0 Å². The van der Waals surface area contributed by atoms with Crippen molar-refractivity contribution in [1.82, 2.24) is 20.4 Å². The van der Waals surface area contributed by atoms with E-state index in [4.69, 9.17) is 0 Å². The van der Waals surface area contributed by atoms with Gasteiger partial charge in [0.2, 0.25) is 0 Å². The summed E-state index contributed by atoms with van der Waals surface area (Å²) in [5.74, 6) is 0.609. The Bertz CT molecular complexity index is 398. The van der Waals surface area contributed by atoms with Crippen LogP contribution in [0.15, 0.2) is 41.8 Å². The maximum atomic E-state index is 3.99. The Hall–Kier alpha value is -2.37. The summed E-state index contributed by atoms with van der Waals surface area (Å²) in [4.78, 5) is 0. The van der Waals surface area contributed by atoms with Crippen LogP contribution in [0, 0.1) is 0 Å². The van der Waals surface area contributed by atoms with Gasteiger partial charge < -0.3 is 0 Å². The molecule has 0 radical (unpaired) electrons. The fraction of sp³-hybridized carbons (Fsp3) is 0.100. The van der Waals surface area contributed by atoms with E-state index in [0.717, 1.165) is 5.69 Å². The van der Waals surface area contributed by atoms with Gasteiger partial charge in [-0.2, -0.15) is 20.4 Å². The Morgan fingerprint density at radius 3 is 2.62 bits per heavy atom.